The van der Waals surface area contributed by atoms with Crippen molar-refractivity contribution in [3.63, 3.8) is 0 Å². The molecule has 0 amide bonds. The zero-order valence-corrected chi connectivity index (χ0v) is 22.3. The lowest BCUT2D eigenvalue weighted by atomic mass is 9.48. The topological polar surface area (TPSA) is 80.7 Å². The molecule has 2 fully saturated rings. The third kappa shape index (κ3) is 5.57. The van der Waals surface area contributed by atoms with Gasteiger partial charge in [-0.2, -0.15) is 0 Å². The highest BCUT2D eigenvalue weighted by molar-refractivity contribution is 6.40. The van der Waals surface area contributed by atoms with E-state index in [1.165, 1.54) is 0 Å². The average molecular weight is 501 g/mol. The van der Waals surface area contributed by atoms with E-state index < -0.39 is 5.41 Å². The van der Waals surface area contributed by atoms with Crippen LogP contribution in [-0.2, 0) is 19.1 Å². The molecule has 5 nitrogen and oxygen atoms in total. The summed E-state index contributed by atoms with van der Waals surface area (Å²) in [7, 11) is 0. The molecule has 1 N–H and O–H groups in total. The second-order valence-electron chi connectivity index (χ2n) is 11.7. The Labute approximate surface area is 207 Å². The maximum Gasteiger partial charge on any atom is 0.311 e. The zero-order chi connectivity index (χ0) is 25.4. The molecule has 0 unspecified atom stereocenters. The van der Waals surface area contributed by atoms with E-state index in [4.69, 9.17) is 33.0 Å². The number of esters is 1. The fraction of sp³-hybridized carbons (Fsp3) is 0.731. The number of ketones is 2. The van der Waals surface area contributed by atoms with E-state index in [1.807, 2.05) is 20.8 Å². The van der Waals surface area contributed by atoms with Crippen molar-refractivity contribution in [2.45, 2.75) is 61.3 Å². The Morgan fingerprint density at radius 1 is 0.939 bits per heavy atom. The predicted molar refractivity (Wildman–Crippen MR) is 131 cm³/mol. The second-order valence-corrected chi connectivity index (χ2v) is 12.5. The molecule has 0 aliphatic heterocycles. The first kappa shape index (κ1) is 28.1. The third-order valence-corrected chi connectivity index (χ3v) is 7.94. The highest BCUT2D eigenvalue weighted by atomic mass is 35.5. The average Bonchev–Trinajstić information content (AvgIpc) is 2.70. The van der Waals surface area contributed by atoms with Gasteiger partial charge in [0.15, 0.2) is 11.6 Å². The normalized spacial score (nSPS) is 30.1. The van der Waals surface area contributed by atoms with Crippen molar-refractivity contribution in [3.05, 3.63) is 23.3 Å². The monoisotopic (exact) mass is 500 g/mol. The van der Waals surface area contributed by atoms with E-state index in [0.717, 1.165) is 24.0 Å². The van der Waals surface area contributed by atoms with Gasteiger partial charge in [0.25, 0.3) is 0 Å². The Hall–Kier alpha value is -1.17. The Balaban J connectivity index is 0.000000221. The van der Waals surface area contributed by atoms with Crippen LogP contribution in [0.15, 0.2) is 23.3 Å². The number of fused-ring (bicyclic) bond motifs is 2. The van der Waals surface area contributed by atoms with Gasteiger partial charge in [0.05, 0.1) is 17.4 Å². The summed E-state index contributed by atoms with van der Waals surface area (Å²) in [6.07, 6.45) is 5.22. The summed E-state index contributed by atoms with van der Waals surface area (Å²) < 4.78 is 5.32. The number of halogens is 2. The highest BCUT2D eigenvalue weighted by Crippen LogP contribution is 2.58. The summed E-state index contributed by atoms with van der Waals surface area (Å²) in [5.41, 5.74) is 1.58. The van der Waals surface area contributed by atoms with Gasteiger partial charge in [0, 0.05) is 11.8 Å². The van der Waals surface area contributed by atoms with Crippen LogP contribution in [0.5, 0.6) is 0 Å². The van der Waals surface area contributed by atoms with E-state index in [2.05, 4.69) is 27.7 Å². The molecule has 7 heteroatoms. The van der Waals surface area contributed by atoms with Crippen LogP contribution in [0.1, 0.15) is 61.3 Å². The number of alkyl halides is 2. The molecule has 2 saturated carbocycles. The number of hydrogen-bond donors (Lipinski definition) is 1. The molecule has 0 heterocycles. The zero-order valence-electron chi connectivity index (χ0n) is 20.8. The molecular formula is C26H38Cl2O5. The molecule has 33 heavy (non-hydrogen) atoms. The lowest BCUT2D eigenvalue weighted by Gasteiger charge is -2.55. The molecule has 6 rings (SSSR count). The smallest absolute Gasteiger partial charge is 0.311 e. The first-order chi connectivity index (χ1) is 15.1. The summed E-state index contributed by atoms with van der Waals surface area (Å²) in [5.74, 6) is 1.44. The van der Waals surface area contributed by atoms with Crippen LogP contribution in [0.2, 0.25) is 0 Å². The number of allylic oxidation sites excluding steroid dienone is 2. The molecule has 0 aromatic heterocycles. The molecular weight excluding hydrogens is 463 g/mol. The van der Waals surface area contributed by atoms with Crippen LogP contribution >= 0.6 is 23.2 Å². The molecule has 4 atom stereocenters. The van der Waals surface area contributed by atoms with Gasteiger partial charge in [-0.1, -0.05) is 27.7 Å². The largest absolute Gasteiger partial charge is 0.461 e. The number of carbonyl (C=O) groups is 3. The molecule has 4 bridgehead atoms. The van der Waals surface area contributed by atoms with E-state index in [1.54, 1.807) is 12.2 Å². The number of aliphatic hydroxyl groups excluding tert-OH is 1. The van der Waals surface area contributed by atoms with Gasteiger partial charge in [-0.3, -0.25) is 14.4 Å². The second kappa shape index (κ2) is 10.2. The van der Waals surface area contributed by atoms with E-state index >= 15 is 0 Å². The standard InChI is InChI=1S/C15H22O3.C10H14O2.CH2Cl2/c1-14(2,3)13(17)18-8-9-6-12(16)11-7-10(9)15(11,4)5;1-10(2)7-4-8(10)9(12)3-6(7)5-11;2-1-3/h6,10-11H,7-8H2,1-5H3;3,7-8,11H,4-5H2,1-2H3;1H2/t10-,11+;7-,8+;/m11./s1. The first-order valence-corrected chi connectivity index (χ1v) is 12.6. The van der Waals surface area contributed by atoms with Crippen molar-refractivity contribution in [1.82, 2.24) is 0 Å². The van der Waals surface area contributed by atoms with Gasteiger partial charge in [0.2, 0.25) is 0 Å². The van der Waals surface area contributed by atoms with Crippen molar-refractivity contribution >= 4 is 40.7 Å². The minimum absolute atomic E-state index is 0.0370. The van der Waals surface area contributed by atoms with Crippen molar-refractivity contribution in [3.8, 4) is 0 Å². The van der Waals surface area contributed by atoms with Crippen LogP contribution in [0.4, 0.5) is 0 Å². The molecule has 0 saturated heterocycles. The third-order valence-electron chi connectivity index (χ3n) is 7.94. The number of ether oxygens (including phenoxy) is 1. The minimum atomic E-state index is -0.489. The van der Waals surface area contributed by atoms with E-state index in [9.17, 15) is 14.4 Å². The van der Waals surface area contributed by atoms with Crippen LogP contribution in [-0.4, -0.2) is 41.2 Å². The maximum atomic E-state index is 11.9. The van der Waals surface area contributed by atoms with Crippen molar-refractivity contribution in [1.29, 1.82) is 0 Å². The molecule has 6 aliphatic rings. The Kier molecular flexibility index (Phi) is 8.69. The fourth-order valence-electron chi connectivity index (χ4n) is 5.51. The van der Waals surface area contributed by atoms with Crippen LogP contribution < -0.4 is 0 Å². The molecule has 0 aromatic carbocycles. The van der Waals surface area contributed by atoms with Gasteiger partial charge in [-0.25, -0.2) is 0 Å². The predicted octanol–water partition coefficient (Wildman–Crippen LogP) is 5.32. The van der Waals surface area contributed by atoms with Gasteiger partial charge < -0.3 is 9.84 Å². The van der Waals surface area contributed by atoms with Gasteiger partial charge in [-0.05, 0) is 79.6 Å². The number of aliphatic hydroxyl groups is 1. The molecule has 0 spiro atoms. The summed E-state index contributed by atoms with van der Waals surface area (Å²) in [6, 6.07) is 0. The van der Waals surface area contributed by atoms with E-state index in [-0.39, 0.29) is 58.8 Å². The van der Waals surface area contributed by atoms with Gasteiger partial charge in [0.1, 0.15) is 6.61 Å². The van der Waals surface area contributed by atoms with Crippen LogP contribution in [0.3, 0.4) is 0 Å². The molecule has 0 aromatic rings. The van der Waals surface area contributed by atoms with Crippen molar-refractivity contribution in [2.75, 3.05) is 18.6 Å². The lowest BCUT2D eigenvalue weighted by Crippen LogP contribution is -2.53. The minimum Gasteiger partial charge on any atom is -0.461 e. The molecule has 0 radical (unpaired) electrons. The van der Waals surface area contributed by atoms with Crippen LogP contribution in [0.25, 0.3) is 0 Å². The fourth-order valence-corrected chi connectivity index (χ4v) is 5.51. The summed E-state index contributed by atoms with van der Waals surface area (Å²) in [5, 5.41) is 9.21. The van der Waals surface area contributed by atoms with Gasteiger partial charge in [-0.15, -0.1) is 23.2 Å². The lowest BCUT2D eigenvalue weighted by molar-refractivity contribution is -0.153. The maximum absolute atomic E-state index is 11.9. The summed E-state index contributed by atoms with van der Waals surface area (Å²) in [6.45, 7) is 14.3. The Morgan fingerprint density at radius 3 is 1.67 bits per heavy atom. The molecule has 186 valence electrons. The van der Waals surface area contributed by atoms with Gasteiger partial charge >= 0.3 is 5.97 Å². The van der Waals surface area contributed by atoms with Crippen molar-refractivity contribution < 1.29 is 24.2 Å². The van der Waals surface area contributed by atoms with Crippen molar-refractivity contribution in [2.24, 2.45) is 39.9 Å². The SMILES string of the molecule is CC(C)(C)C(=O)OCC1=CC(=O)[C@@H]2C[C@H]1C2(C)C.CC1(C)[C@@H]2C[C@H]1C(=O)C=C2CO.ClCCl. The van der Waals surface area contributed by atoms with E-state index in [0.29, 0.717) is 11.8 Å². The quantitative estimate of drug-likeness (QED) is 0.418. The number of carbonyl (C=O) groups excluding carboxylic acids is 3. The Bertz CT molecular complexity index is 847. The summed E-state index contributed by atoms with van der Waals surface area (Å²) in [4.78, 5) is 35.0. The Morgan fingerprint density at radius 2 is 1.33 bits per heavy atom. The number of hydrogen-bond acceptors (Lipinski definition) is 5. The molecule has 6 aliphatic carbocycles. The summed E-state index contributed by atoms with van der Waals surface area (Å²) >= 11 is 9.53. The first-order valence-electron chi connectivity index (χ1n) is 11.5. The van der Waals surface area contributed by atoms with Crippen LogP contribution in [0, 0.1) is 39.9 Å². The number of rotatable bonds is 3. The highest BCUT2D eigenvalue weighted by Gasteiger charge is 2.56.